The summed E-state index contributed by atoms with van der Waals surface area (Å²) >= 11 is 1.88. The number of benzene rings is 2. The number of carbonyl (C=O) groups excluding carboxylic acids is 1. The first-order chi connectivity index (χ1) is 13.6. The van der Waals surface area contributed by atoms with Crippen LogP contribution in [0.2, 0.25) is 0 Å². The Kier molecular flexibility index (Phi) is 7.99. The average Bonchev–Trinajstić information content (AvgIpc) is 2.68. The third-order valence-corrected chi connectivity index (χ3v) is 6.37. The molecular formula is C24H32N2OS. The zero-order valence-electron chi connectivity index (χ0n) is 17.1. The first-order valence-corrected chi connectivity index (χ1v) is 11.4. The summed E-state index contributed by atoms with van der Waals surface area (Å²) in [7, 11) is 0. The minimum Gasteiger partial charge on any atom is -0.355 e. The standard InChI is InChI=1S/C24H32N2OS/c1-19-5-3-7-21(15-19)17-26-12-9-23(10-13-26)24(27)25-11-14-28-18-22-8-4-6-20(2)16-22/h3-8,15-16,23H,9-14,17-18H2,1-2H3,(H,25,27). The molecule has 150 valence electrons. The van der Waals surface area contributed by atoms with Gasteiger partial charge in [0.2, 0.25) is 5.91 Å². The lowest BCUT2D eigenvalue weighted by molar-refractivity contribution is -0.126. The van der Waals surface area contributed by atoms with Crippen molar-refractivity contribution in [2.45, 2.75) is 39.0 Å². The number of hydrogen-bond donors (Lipinski definition) is 1. The van der Waals surface area contributed by atoms with Crippen molar-refractivity contribution in [1.29, 1.82) is 0 Å². The van der Waals surface area contributed by atoms with Crippen molar-refractivity contribution >= 4 is 17.7 Å². The second-order valence-electron chi connectivity index (χ2n) is 7.87. The molecule has 28 heavy (non-hydrogen) atoms. The molecule has 0 bridgehead atoms. The van der Waals surface area contributed by atoms with Crippen molar-refractivity contribution in [3.8, 4) is 0 Å². The van der Waals surface area contributed by atoms with Gasteiger partial charge in [0.05, 0.1) is 0 Å². The molecule has 1 saturated heterocycles. The minimum atomic E-state index is 0.176. The Morgan fingerprint density at radius 2 is 1.68 bits per heavy atom. The maximum Gasteiger partial charge on any atom is 0.223 e. The molecule has 1 aliphatic rings. The van der Waals surface area contributed by atoms with Crippen molar-refractivity contribution in [2.75, 3.05) is 25.4 Å². The number of hydrogen-bond acceptors (Lipinski definition) is 3. The highest BCUT2D eigenvalue weighted by Gasteiger charge is 2.24. The number of carbonyl (C=O) groups is 1. The second kappa shape index (κ2) is 10.7. The molecule has 1 amide bonds. The van der Waals surface area contributed by atoms with E-state index in [4.69, 9.17) is 0 Å². The van der Waals surface area contributed by atoms with Crippen LogP contribution in [0.15, 0.2) is 48.5 Å². The number of piperidine rings is 1. The summed E-state index contributed by atoms with van der Waals surface area (Å²) in [5.74, 6) is 2.39. The predicted molar refractivity (Wildman–Crippen MR) is 120 cm³/mol. The third-order valence-electron chi connectivity index (χ3n) is 5.34. The van der Waals surface area contributed by atoms with Crippen molar-refractivity contribution in [1.82, 2.24) is 10.2 Å². The molecule has 0 saturated carbocycles. The summed E-state index contributed by atoms with van der Waals surface area (Å²) in [5, 5.41) is 3.14. The summed E-state index contributed by atoms with van der Waals surface area (Å²) in [6.45, 7) is 8.03. The molecule has 0 unspecified atom stereocenters. The van der Waals surface area contributed by atoms with E-state index in [1.165, 1.54) is 22.3 Å². The van der Waals surface area contributed by atoms with Gasteiger partial charge in [-0.1, -0.05) is 59.7 Å². The molecule has 2 aromatic rings. The summed E-state index contributed by atoms with van der Waals surface area (Å²) in [6.07, 6.45) is 1.93. The van der Waals surface area contributed by atoms with Gasteiger partial charge < -0.3 is 5.32 Å². The van der Waals surface area contributed by atoms with Crippen molar-refractivity contribution in [3.05, 3.63) is 70.8 Å². The number of thioether (sulfide) groups is 1. The van der Waals surface area contributed by atoms with E-state index in [9.17, 15) is 4.79 Å². The van der Waals surface area contributed by atoms with Gasteiger partial charge in [-0.25, -0.2) is 0 Å². The maximum absolute atomic E-state index is 12.4. The lowest BCUT2D eigenvalue weighted by Gasteiger charge is -2.31. The van der Waals surface area contributed by atoms with Crippen LogP contribution in [0.5, 0.6) is 0 Å². The molecule has 0 aromatic heterocycles. The molecule has 0 spiro atoms. The van der Waals surface area contributed by atoms with Crippen LogP contribution in [0.25, 0.3) is 0 Å². The van der Waals surface area contributed by atoms with Crippen LogP contribution < -0.4 is 5.32 Å². The Morgan fingerprint density at radius 1 is 1.04 bits per heavy atom. The van der Waals surface area contributed by atoms with E-state index in [-0.39, 0.29) is 11.8 Å². The molecule has 1 N–H and O–H groups in total. The molecule has 3 nitrogen and oxygen atoms in total. The van der Waals surface area contributed by atoms with Crippen LogP contribution in [0.3, 0.4) is 0 Å². The zero-order valence-corrected chi connectivity index (χ0v) is 17.9. The number of amides is 1. The highest BCUT2D eigenvalue weighted by Crippen LogP contribution is 2.20. The van der Waals surface area contributed by atoms with E-state index in [1.807, 2.05) is 11.8 Å². The van der Waals surface area contributed by atoms with Gasteiger partial charge in [0.1, 0.15) is 0 Å². The fourth-order valence-electron chi connectivity index (χ4n) is 3.80. The second-order valence-corrected chi connectivity index (χ2v) is 8.98. The third kappa shape index (κ3) is 6.68. The summed E-state index contributed by atoms with van der Waals surface area (Å²) < 4.78 is 0. The smallest absolute Gasteiger partial charge is 0.223 e. The van der Waals surface area contributed by atoms with Gasteiger partial charge in [-0.05, 0) is 50.9 Å². The van der Waals surface area contributed by atoms with Crippen molar-refractivity contribution in [2.24, 2.45) is 5.92 Å². The van der Waals surface area contributed by atoms with E-state index in [2.05, 4.69) is 72.6 Å². The highest BCUT2D eigenvalue weighted by atomic mass is 32.2. The fourth-order valence-corrected chi connectivity index (χ4v) is 4.61. The molecule has 1 heterocycles. The van der Waals surface area contributed by atoms with E-state index in [0.717, 1.165) is 50.5 Å². The Morgan fingerprint density at radius 3 is 2.36 bits per heavy atom. The maximum atomic E-state index is 12.4. The topological polar surface area (TPSA) is 32.3 Å². The van der Waals surface area contributed by atoms with E-state index in [1.54, 1.807) is 0 Å². The number of aryl methyl sites for hydroxylation is 2. The van der Waals surface area contributed by atoms with Gasteiger partial charge in [-0.2, -0.15) is 11.8 Å². The predicted octanol–water partition coefficient (Wildman–Crippen LogP) is 4.57. The minimum absolute atomic E-state index is 0.176. The molecule has 0 aliphatic carbocycles. The lowest BCUT2D eigenvalue weighted by atomic mass is 9.95. The van der Waals surface area contributed by atoms with Gasteiger partial charge >= 0.3 is 0 Å². The zero-order chi connectivity index (χ0) is 19.8. The van der Waals surface area contributed by atoms with Gasteiger partial charge in [0.15, 0.2) is 0 Å². The van der Waals surface area contributed by atoms with E-state index in [0.29, 0.717) is 0 Å². The summed E-state index contributed by atoms with van der Waals surface area (Å²) in [4.78, 5) is 14.9. The number of nitrogens with one attached hydrogen (secondary N) is 1. The van der Waals surface area contributed by atoms with Crippen LogP contribution in [-0.2, 0) is 17.1 Å². The number of likely N-dealkylation sites (tertiary alicyclic amines) is 1. The molecule has 3 rings (SSSR count). The molecule has 1 fully saturated rings. The molecule has 1 aliphatic heterocycles. The van der Waals surface area contributed by atoms with Crippen molar-refractivity contribution in [3.63, 3.8) is 0 Å². The van der Waals surface area contributed by atoms with E-state index >= 15 is 0 Å². The average molecular weight is 397 g/mol. The largest absolute Gasteiger partial charge is 0.355 e. The quantitative estimate of drug-likeness (QED) is 0.664. The first kappa shape index (κ1) is 20.9. The Hall–Kier alpha value is -1.78. The van der Waals surface area contributed by atoms with Gasteiger partial charge in [0.25, 0.3) is 0 Å². The van der Waals surface area contributed by atoms with Crippen LogP contribution in [-0.4, -0.2) is 36.2 Å². The Labute approximate surface area is 173 Å². The summed E-state index contributed by atoms with van der Waals surface area (Å²) in [6, 6.07) is 17.4. The lowest BCUT2D eigenvalue weighted by Crippen LogP contribution is -2.40. The molecule has 2 aromatic carbocycles. The molecular weight excluding hydrogens is 364 g/mol. The van der Waals surface area contributed by atoms with Crippen LogP contribution in [0.4, 0.5) is 0 Å². The van der Waals surface area contributed by atoms with Gasteiger partial charge in [0, 0.05) is 30.5 Å². The fraction of sp³-hybridized carbons (Fsp3) is 0.458. The van der Waals surface area contributed by atoms with E-state index < -0.39 is 0 Å². The molecule has 0 atom stereocenters. The van der Waals surface area contributed by atoms with Crippen LogP contribution in [0.1, 0.15) is 35.1 Å². The highest BCUT2D eigenvalue weighted by molar-refractivity contribution is 7.98. The Bertz CT molecular complexity index is 769. The number of nitrogens with zero attached hydrogens (tertiary/aromatic N) is 1. The Balaban J connectivity index is 1.30. The van der Waals surface area contributed by atoms with Gasteiger partial charge in [-0.3, -0.25) is 9.69 Å². The monoisotopic (exact) mass is 396 g/mol. The van der Waals surface area contributed by atoms with Gasteiger partial charge in [-0.15, -0.1) is 0 Å². The molecule has 0 radical (unpaired) electrons. The molecule has 4 heteroatoms. The van der Waals surface area contributed by atoms with Crippen LogP contribution >= 0.6 is 11.8 Å². The van der Waals surface area contributed by atoms with Crippen LogP contribution in [0, 0.1) is 19.8 Å². The van der Waals surface area contributed by atoms with Crippen molar-refractivity contribution < 1.29 is 4.79 Å². The SMILES string of the molecule is Cc1cccc(CSCCNC(=O)C2CCN(Cc3cccc(C)c3)CC2)c1. The first-order valence-electron chi connectivity index (χ1n) is 10.3. The normalized spacial score (nSPS) is 15.5. The summed E-state index contributed by atoms with van der Waals surface area (Å²) in [5.41, 5.74) is 5.35. The number of rotatable bonds is 8.